The van der Waals surface area contributed by atoms with Gasteiger partial charge in [-0.2, -0.15) is 4.39 Å². The van der Waals surface area contributed by atoms with Gasteiger partial charge in [0.2, 0.25) is 5.95 Å². The Balaban J connectivity index is 2.99. The number of aliphatic hydroxyl groups excluding tert-OH is 2. The summed E-state index contributed by atoms with van der Waals surface area (Å²) in [7, 11) is 1.06. The maximum Gasteiger partial charge on any atom is 0.337 e. The lowest BCUT2D eigenvalue weighted by Gasteiger charge is -2.16. The molecule has 1 aromatic rings. The molecule has 1 heterocycles. The number of hydrogen-bond donors (Lipinski definition) is 2. The molecule has 0 aliphatic rings. The number of rotatable bonds is 3. The van der Waals surface area contributed by atoms with E-state index in [4.69, 9.17) is 0 Å². The molecule has 1 aromatic heterocycles. The van der Waals surface area contributed by atoms with Crippen molar-refractivity contribution >= 4 is 5.97 Å². The summed E-state index contributed by atoms with van der Waals surface area (Å²) >= 11 is 0. The number of carbonyl (C=O) groups is 1. The summed E-state index contributed by atoms with van der Waals surface area (Å²) in [6.45, 7) is 1.65. The Kier molecular flexibility index (Phi) is 3.92. The number of aryl methyl sites for hydroxylation is 1. The molecule has 5 nitrogen and oxygen atoms in total. The van der Waals surface area contributed by atoms with Crippen molar-refractivity contribution in [3.63, 3.8) is 0 Å². The zero-order valence-corrected chi connectivity index (χ0v) is 8.85. The number of aliphatic hydroxyl groups is 2. The van der Waals surface area contributed by atoms with Gasteiger partial charge in [-0.1, -0.05) is 0 Å². The second kappa shape index (κ2) is 5.00. The fourth-order valence-electron chi connectivity index (χ4n) is 1.20. The number of methoxy groups -OCH3 is 1. The molecule has 6 heteroatoms. The highest BCUT2D eigenvalue weighted by Gasteiger charge is 2.29. The molecule has 16 heavy (non-hydrogen) atoms. The molecule has 1 rings (SSSR count). The normalized spacial score (nSPS) is 14.3. The molecule has 0 saturated carbocycles. The predicted octanol–water partition coefficient (Wildman–Crippen LogP) is 0.0964. The molecule has 0 bridgehead atoms. The molecule has 0 aromatic carbocycles. The first-order valence-corrected chi connectivity index (χ1v) is 4.53. The van der Waals surface area contributed by atoms with Crippen molar-refractivity contribution in [2.24, 2.45) is 0 Å². The molecular formula is C10H12FNO4. The largest absolute Gasteiger partial charge is 0.467 e. The second-order valence-electron chi connectivity index (χ2n) is 3.31. The van der Waals surface area contributed by atoms with E-state index in [1.54, 1.807) is 6.92 Å². The summed E-state index contributed by atoms with van der Waals surface area (Å²) < 4.78 is 17.4. The van der Waals surface area contributed by atoms with Crippen molar-refractivity contribution in [2.75, 3.05) is 7.11 Å². The third-order valence-electron chi connectivity index (χ3n) is 2.06. The number of carbonyl (C=O) groups excluding carboxylic acids is 1. The van der Waals surface area contributed by atoms with Crippen LogP contribution in [0.25, 0.3) is 0 Å². The molecule has 0 radical (unpaired) electrons. The monoisotopic (exact) mass is 229 g/mol. The number of ether oxygens (including phenoxy) is 1. The topological polar surface area (TPSA) is 79.7 Å². The summed E-state index contributed by atoms with van der Waals surface area (Å²) in [6.07, 6.45) is -2.25. The van der Waals surface area contributed by atoms with Crippen LogP contribution in [0.5, 0.6) is 0 Å². The highest BCUT2D eigenvalue weighted by molar-refractivity contribution is 5.75. The molecule has 2 unspecified atom stereocenters. The van der Waals surface area contributed by atoms with E-state index in [2.05, 4.69) is 9.72 Å². The molecule has 2 N–H and O–H groups in total. The molecule has 2 atom stereocenters. The van der Waals surface area contributed by atoms with Gasteiger partial charge in [-0.15, -0.1) is 0 Å². The van der Waals surface area contributed by atoms with Crippen LogP contribution in [0.1, 0.15) is 17.2 Å². The third-order valence-corrected chi connectivity index (χ3v) is 2.06. The van der Waals surface area contributed by atoms with Crippen molar-refractivity contribution in [1.29, 1.82) is 0 Å². The minimum absolute atomic E-state index is 0.238. The van der Waals surface area contributed by atoms with Crippen LogP contribution in [-0.2, 0) is 9.53 Å². The van der Waals surface area contributed by atoms with Crippen molar-refractivity contribution in [3.05, 3.63) is 29.3 Å². The van der Waals surface area contributed by atoms with E-state index in [1.165, 1.54) is 12.3 Å². The fraction of sp³-hybridized carbons (Fsp3) is 0.400. The van der Waals surface area contributed by atoms with Gasteiger partial charge in [0, 0.05) is 11.8 Å². The fourth-order valence-corrected chi connectivity index (χ4v) is 1.20. The van der Waals surface area contributed by atoms with Gasteiger partial charge in [0.25, 0.3) is 0 Å². The van der Waals surface area contributed by atoms with Crippen LogP contribution in [0.3, 0.4) is 0 Å². The molecule has 0 fully saturated rings. The van der Waals surface area contributed by atoms with E-state index >= 15 is 0 Å². The van der Waals surface area contributed by atoms with Crippen molar-refractivity contribution in [1.82, 2.24) is 4.98 Å². The van der Waals surface area contributed by atoms with Gasteiger partial charge >= 0.3 is 5.97 Å². The summed E-state index contributed by atoms with van der Waals surface area (Å²) in [5.41, 5.74) is 0.366. The number of hydrogen-bond acceptors (Lipinski definition) is 5. The summed E-state index contributed by atoms with van der Waals surface area (Å²) in [5, 5.41) is 18.9. The quantitative estimate of drug-likeness (QED) is 0.567. The number of halogens is 1. The highest BCUT2D eigenvalue weighted by Crippen LogP contribution is 2.20. The second-order valence-corrected chi connectivity index (χ2v) is 3.31. The minimum Gasteiger partial charge on any atom is -0.467 e. The van der Waals surface area contributed by atoms with Crippen LogP contribution in [0, 0.1) is 12.9 Å². The minimum atomic E-state index is -1.83. The van der Waals surface area contributed by atoms with Gasteiger partial charge in [-0.05, 0) is 18.6 Å². The van der Waals surface area contributed by atoms with E-state index in [-0.39, 0.29) is 5.56 Å². The Morgan fingerprint density at radius 1 is 1.56 bits per heavy atom. The van der Waals surface area contributed by atoms with Crippen LogP contribution in [0.2, 0.25) is 0 Å². The van der Waals surface area contributed by atoms with Crippen molar-refractivity contribution < 1.29 is 24.1 Å². The first-order chi connectivity index (χ1) is 7.47. The smallest absolute Gasteiger partial charge is 0.337 e. The Morgan fingerprint density at radius 2 is 2.19 bits per heavy atom. The summed E-state index contributed by atoms with van der Waals surface area (Å²) in [5.74, 6) is -1.96. The van der Waals surface area contributed by atoms with Crippen LogP contribution < -0.4 is 0 Å². The summed E-state index contributed by atoms with van der Waals surface area (Å²) in [6, 6.07) is 1.30. The maximum absolute atomic E-state index is 13.2. The van der Waals surface area contributed by atoms with E-state index < -0.39 is 24.1 Å². The standard InChI is InChI=1S/C10H12FNO4/c1-5-3-6(9(11)12-4-5)7(13)8(14)10(15)16-2/h3-4,7-8,13-14H,1-2H3. The zero-order chi connectivity index (χ0) is 12.3. The van der Waals surface area contributed by atoms with Gasteiger partial charge in [-0.25, -0.2) is 9.78 Å². The first-order valence-electron chi connectivity index (χ1n) is 4.53. The number of nitrogens with zero attached hydrogens (tertiary/aromatic N) is 1. The van der Waals surface area contributed by atoms with Gasteiger partial charge in [0.1, 0.15) is 6.10 Å². The Hall–Kier alpha value is -1.53. The predicted molar refractivity (Wildman–Crippen MR) is 51.9 cm³/mol. The highest BCUT2D eigenvalue weighted by atomic mass is 19.1. The number of pyridine rings is 1. The lowest BCUT2D eigenvalue weighted by molar-refractivity contribution is -0.156. The Bertz CT molecular complexity index is 396. The van der Waals surface area contributed by atoms with Crippen LogP contribution in [-0.4, -0.2) is 34.4 Å². The van der Waals surface area contributed by atoms with Gasteiger partial charge < -0.3 is 14.9 Å². The molecule has 0 aliphatic heterocycles. The van der Waals surface area contributed by atoms with Crippen molar-refractivity contribution in [2.45, 2.75) is 19.1 Å². The van der Waals surface area contributed by atoms with Gasteiger partial charge in [0.05, 0.1) is 7.11 Å². The van der Waals surface area contributed by atoms with Gasteiger partial charge in [-0.3, -0.25) is 0 Å². The van der Waals surface area contributed by atoms with E-state index in [0.29, 0.717) is 5.56 Å². The number of esters is 1. The zero-order valence-electron chi connectivity index (χ0n) is 8.85. The van der Waals surface area contributed by atoms with E-state index in [9.17, 15) is 19.4 Å². The van der Waals surface area contributed by atoms with Crippen LogP contribution in [0.4, 0.5) is 4.39 Å². The lowest BCUT2D eigenvalue weighted by atomic mass is 10.0. The van der Waals surface area contributed by atoms with Gasteiger partial charge in [0.15, 0.2) is 6.10 Å². The molecular weight excluding hydrogens is 217 g/mol. The molecule has 0 amide bonds. The summed E-state index contributed by atoms with van der Waals surface area (Å²) in [4.78, 5) is 14.3. The Morgan fingerprint density at radius 3 is 2.75 bits per heavy atom. The third kappa shape index (κ3) is 2.53. The lowest BCUT2D eigenvalue weighted by Crippen LogP contribution is -2.29. The molecule has 0 aliphatic carbocycles. The SMILES string of the molecule is COC(=O)C(O)C(O)c1cc(C)cnc1F. The Labute approximate surface area is 91.5 Å². The molecule has 88 valence electrons. The maximum atomic E-state index is 13.2. The molecule has 0 spiro atoms. The average molecular weight is 229 g/mol. The van der Waals surface area contributed by atoms with Crippen LogP contribution in [0.15, 0.2) is 12.3 Å². The molecule has 0 saturated heterocycles. The van der Waals surface area contributed by atoms with Crippen LogP contribution >= 0.6 is 0 Å². The van der Waals surface area contributed by atoms with E-state index in [0.717, 1.165) is 7.11 Å². The van der Waals surface area contributed by atoms with Crippen molar-refractivity contribution in [3.8, 4) is 0 Å². The number of aromatic nitrogens is 1. The first kappa shape index (κ1) is 12.5. The van der Waals surface area contributed by atoms with E-state index in [1.807, 2.05) is 0 Å². The average Bonchev–Trinajstić information content (AvgIpc) is 2.29.